The van der Waals surface area contributed by atoms with Crippen molar-refractivity contribution >= 4 is 33.5 Å². The molecule has 24 heavy (non-hydrogen) atoms. The number of hydrogen-bond donors (Lipinski definition) is 0. The van der Waals surface area contributed by atoms with Crippen molar-refractivity contribution in [2.24, 2.45) is 0 Å². The summed E-state index contributed by atoms with van der Waals surface area (Å²) in [6.07, 6.45) is 16.3. The third-order valence-electron chi connectivity index (χ3n) is 4.95. The lowest BCUT2D eigenvalue weighted by atomic mass is 10.1. The number of pyridine rings is 1. The molecule has 0 spiro atoms. The number of benzene rings is 1. The van der Waals surface area contributed by atoms with Gasteiger partial charge in [-0.25, -0.2) is 0 Å². The molecule has 0 atom stereocenters. The Morgan fingerprint density at radius 1 is 0.833 bits per heavy atom. The Bertz CT molecular complexity index is 621. The molecule has 0 saturated heterocycles. The number of aromatic nitrogens is 1. The maximum Gasteiger partial charge on any atom is 0.213 e. The van der Waals surface area contributed by atoms with Crippen LogP contribution in [0.4, 0.5) is 0 Å². The van der Waals surface area contributed by atoms with E-state index in [2.05, 4.69) is 71.5 Å². The topological polar surface area (TPSA) is 3.88 Å². The van der Waals surface area contributed by atoms with Crippen molar-refractivity contribution in [3.8, 4) is 0 Å². The summed E-state index contributed by atoms with van der Waals surface area (Å²) in [5, 5.41) is 1.39. The minimum Gasteiger partial charge on any atom is -0.198 e. The molecule has 2 aromatic rings. The molecule has 0 fully saturated rings. The summed E-state index contributed by atoms with van der Waals surface area (Å²) < 4.78 is 3.76. The van der Waals surface area contributed by atoms with Gasteiger partial charge in [0.05, 0.1) is 0 Å². The zero-order chi connectivity index (χ0) is 17.2. The van der Waals surface area contributed by atoms with E-state index in [0.29, 0.717) is 0 Å². The quantitative estimate of drug-likeness (QED) is 0.203. The Kier molecular flexibility index (Phi) is 9.08. The van der Waals surface area contributed by atoms with Crippen LogP contribution in [0.25, 0.3) is 10.9 Å². The van der Waals surface area contributed by atoms with Gasteiger partial charge in [-0.1, -0.05) is 58.3 Å². The van der Waals surface area contributed by atoms with Gasteiger partial charge in [0, 0.05) is 27.5 Å². The van der Waals surface area contributed by atoms with Crippen molar-refractivity contribution in [2.45, 2.75) is 84.6 Å². The van der Waals surface area contributed by atoms with Gasteiger partial charge in [0.2, 0.25) is 5.52 Å². The molecule has 0 aliphatic carbocycles. The normalized spacial score (nSPS) is 11.3. The molecule has 1 nitrogen and oxygen atoms in total. The first-order valence-corrected chi connectivity index (χ1v) is 10.9. The van der Waals surface area contributed by atoms with E-state index >= 15 is 0 Å². The second kappa shape index (κ2) is 11.1. The van der Waals surface area contributed by atoms with E-state index in [1.807, 2.05) is 0 Å². The molecule has 1 aromatic carbocycles. The van der Waals surface area contributed by atoms with Gasteiger partial charge in [-0.15, -0.1) is 0 Å². The van der Waals surface area contributed by atoms with E-state index in [1.165, 1.54) is 84.2 Å². The third kappa shape index (κ3) is 6.34. The van der Waals surface area contributed by atoms with E-state index in [4.69, 9.17) is 0 Å². The van der Waals surface area contributed by atoms with Crippen molar-refractivity contribution in [3.05, 3.63) is 39.6 Å². The smallest absolute Gasteiger partial charge is 0.198 e. The molecular formula is C22H33IN+. The first-order valence-electron chi connectivity index (χ1n) is 9.80. The fourth-order valence-corrected chi connectivity index (χ4v) is 3.89. The average molecular weight is 438 g/mol. The SMILES string of the molecule is CCCCCCCCCCCC[n+]1ccc(C)c2ccc(I)cc21. The number of unbranched alkanes of at least 4 members (excludes halogenated alkanes) is 9. The summed E-state index contributed by atoms with van der Waals surface area (Å²) in [4.78, 5) is 0. The van der Waals surface area contributed by atoms with Gasteiger partial charge >= 0.3 is 0 Å². The molecule has 0 radical (unpaired) electrons. The second-order valence-electron chi connectivity index (χ2n) is 7.04. The Morgan fingerprint density at radius 3 is 2.12 bits per heavy atom. The first kappa shape index (κ1) is 19.7. The number of rotatable bonds is 11. The highest BCUT2D eigenvalue weighted by Crippen LogP contribution is 2.18. The zero-order valence-electron chi connectivity index (χ0n) is 15.5. The molecule has 1 heterocycles. The van der Waals surface area contributed by atoms with Gasteiger partial charge in [0.15, 0.2) is 6.20 Å². The lowest BCUT2D eigenvalue weighted by Gasteiger charge is -2.05. The third-order valence-corrected chi connectivity index (χ3v) is 5.62. The maximum atomic E-state index is 2.44. The number of nitrogens with zero attached hydrogens (tertiary/aromatic N) is 1. The molecule has 0 saturated carbocycles. The number of fused-ring (bicyclic) bond motifs is 1. The van der Waals surface area contributed by atoms with Crippen LogP contribution in [-0.4, -0.2) is 0 Å². The molecule has 0 aliphatic heterocycles. The van der Waals surface area contributed by atoms with E-state index in [9.17, 15) is 0 Å². The molecule has 2 rings (SSSR count). The van der Waals surface area contributed by atoms with Gasteiger partial charge in [-0.3, -0.25) is 0 Å². The van der Waals surface area contributed by atoms with Crippen molar-refractivity contribution in [2.75, 3.05) is 0 Å². The van der Waals surface area contributed by atoms with Crippen LogP contribution in [0.15, 0.2) is 30.5 Å². The fraction of sp³-hybridized carbons (Fsp3) is 0.591. The van der Waals surface area contributed by atoms with Crippen LogP contribution in [0.5, 0.6) is 0 Å². The lowest BCUT2D eigenvalue weighted by molar-refractivity contribution is -0.671. The van der Waals surface area contributed by atoms with Gasteiger partial charge in [-0.05, 0) is 53.6 Å². The monoisotopic (exact) mass is 438 g/mol. The van der Waals surface area contributed by atoms with Crippen molar-refractivity contribution in [1.82, 2.24) is 0 Å². The molecule has 132 valence electrons. The fourth-order valence-electron chi connectivity index (χ4n) is 3.41. The highest BCUT2D eigenvalue weighted by molar-refractivity contribution is 14.1. The largest absolute Gasteiger partial charge is 0.213 e. The summed E-state index contributed by atoms with van der Waals surface area (Å²) in [5.41, 5.74) is 2.76. The van der Waals surface area contributed by atoms with E-state index in [0.717, 1.165) is 6.54 Å². The molecule has 1 aromatic heterocycles. The average Bonchev–Trinajstić information content (AvgIpc) is 2.58. The van der Waals surface area contributed by atoms with Crippen LogP contribution in [0.2, 0.25) is 0 Å². The summed E-state index contributed by atoms with van der Waals surface area (Å²) >= 11 is 2.41. The minimum atomic E-state index is 1.15. The van der Waals surface area contributed by atoms with E-state index in [1.54, 1.807) is 0 Å². The molecule has 0 aliphatic rings. The van der Waals surface area contributed by atoms with Crippen LogP contribution in [0.1, 0.15) is 76.7 Å². The number of halogens is 1. The van der Waals surface area contributed by atoms with Crippen LogP contribution in [0.3, 0.4) is 0 Å². The minimum absolute atomic E-state index is 1.15. The Balaban J connectivity index is 1.70. The number of aryl methyl sites for hydroxylation is 2. The summed E-state index contributed by atoms with van der Waals surface area (Å²) in [7, 11) is 0. The summed E-state index contributed by atoms with van der Waals surface area (Å²) in [6.45, 7) is 5.64. The predicted molar refractivity (Wildman–Crippen MR) is 113 cm³/mol. The van der Waals surface area contributed by atoms with Crippen molar-refractivity contribution in [3.63, 3.8) is 0 Å². The Morgan fingerprint density at radius 2 is 1.46 bits per heavy atom. The highest BCUT2D eigenvalue weighted by Gasteiger charge is 2.10. The molecule has 0 bridgehead atoms. The van der Waals surface area contributed by atoms with E-state index in [-0.39, 0.29) is 0 Å². The second-order valence-corrected chi connectivity index (χ2v) is 8.28. The molecule has 2 heteroatoms. The molecule has 0 N–H and O–H groups in total. The zero-order valence-corrected chi connectivity index (χ0v) is 17.6. The predicted octanol–water partition coefficient (Wildman–Crippen LogP) is 6.96. The molecular weight excluding hydrogens is 405 g/mol. The molecule has 0 amide bonds. The standard InChI is InChI=1S/C22H33IN/c1-3-4-5-6-7-8-9-10-11-12-16-24-17-15-19(2)21-14-13-20(23)18-22(21)24/h13-15,17-18H,3-12,16H2,1-2H3/q+1. The first-order chi connectivity index (χ1) is 11.7. The Labute approximate surface area is 162 Å². The van der Waals surface area contributed by atoms with Crippen molar-refractivity contribution in [1.29, 1.82) is 0 Å². The van der Waals surface area contributed by atoms with Crippen LogP contribution < -0.4 is 4.57 Å². The van der Waals surface area contributed by atoms with Gasteiger partial charge in [0.25, 0.3) is 0 Å². The Hall–Kier alpha value is -0.640. The summed E-state index contributed by atoms with van der Waals surface area (Å²) in [5.74, 6) is 0. The summed E-state index contributed by atoms with van der Waals surface area (Å²) in [6, 6.07) is 9.05. The van der Waals surface area contributed by atoms with E-state index < -0.39 is 0 Å². The van der Waals surface area contributed by atoms with Gasteiger partial charge in [0.1, 0.15) is 6.54 Å². The van der Waals surface area contributed by atoms with Crippen molar-refractivity contribution < 1.29 is 4.57 Å². The molecule has 0 unspecified atom stereocenters. The van der Waals surface area contributed by atoms with Crippen LogP contribution >= 0.6 is 22.6 Å². The number of hydrogen-bond acceptors (Lipinski definition) is 0. The van der Waals surface area contributed by atoms with Gasteiger partial charge < -0.3 is 0 Å². The van der Waals surface area contributed by atoms with Crippen LogP contribution in [-0.2, 0) is 6.54 Å². The van der Waals surface area contributed by atoms with Gasteiger partial charge in [-0.2, -0.15) is 4.57 Å². The maximum absolute atomic E-state index is 2.44. The lowest BCUT2D eigenvalue weighted by Crippen LogP contribution is -2.34. The highest BCUT2D eigenvalue weighted by atomic mass is 127. The van der Waals surface area contributed by atoms with Crippen LogP contribution in [0, 0.1) is 10.5 Å².